The molecule has 52 valence electrons. The fourth-order valence-electron chi connectivity index (χ4n) is 0.557. The normalized spacial score (nSPS) is 9.40. The monoisotopic (exact) mass is 248 g/mol. The third-order valence-electron chi connectivity index (χ3n) is 0.987. The highest BCUT2D eigenvalue weighted by Gasteiger charge is 2.04. The Morgan fingerprint density at radius 2 is 2.10 bits per heavy atom. The van der Waals surface area contributed by atoms with Crippen molar-refractivity contribution in [3.05, 3.63) is 21.8 Å². The van der Waals surface area contributed by atoms with Crippen LogP contribution in [0.2, 0.25) is 0 Å². The number of carbonyl (C=O) groups is 1. The van der Waals surface area contributed by atoms with Gasteiger partial charge in [0.05, 0.1) is 0 Å². The average Bonchev–Trinajstić information content (AvgIpc) is 1.88. The van der Waals surface area contributed by atoms with Crippen molar-refractivity contribution in [3.8, 4) is 0 Å². The zero-order chi connectivity index (χ0) is 7.56. The molecule has 0 bridgehead atoms. The van der Waals surface area contributed by atoms with Crippen LogP contribution in [-0.4, -0.2) is 15.8 Å². The molecule has 0 aliphatic heterocycles. The van der Waals surface area contributed by atoms with Crippen LogP contribution in [0, 0.1) is 3.70 Å². The standard InChI is InChI=1S/C6H5IN2O/c1-4(10)5-6(7)9-3-2-8-5/h2-3H,1H3. The topological polar surface area (TPSA) is 42.9 Å². The summed E-state index contributed by atoms with van der Waals surface area (Å²) in [5.74, 6) is -0.0440. The van der Waals surface area contributed by atoms with Gasteiger partial charge >= 0.3 is 0 Å². The highest BCUT2D eigenvalue weighted by Crippen LogP contribution is 2.04. The number of hydrogen-bond acceptors (Lipinski definition) is 3. The minimum Gasteiger partial charge on any atom is -0.293 e. The second-order valence-corrected chi connectivity index (χ2v) is 2.77. The van der Waals surface area contributed by atoms with E-state index in [0.29, 0.717) is 9.39 Å². The highest BCUT2D eigenvalue weighted by molar-refractivity contribution is 14.1. The molecule has 0 N–H and O–H groups in total. The number of hydrogen-bond donors (Lipinski definition) is 0. The Morgan fingerprint density at radius 1 is 1.50 bits per heavy atom. The summed E-state index contributed by atoms with van der Waals surface area (Å²) in [6.07, 6.45) is 3.08. The van der Waals surface area contributed by atoms with Crippen LogP contribution in [0.15, 0.2) is 12.4 Å². The van der Waals surface area contributed by atoms with Crippen molar-refractivity contribution in [2.24, 2.45) is 0 Å². The largest absolute Gasteiger partial charge is 0.293 e. The van der Waals surface area contributed by atoms with Gasteiger partial charge in [-0.05, 0) is 22.6 Å². The van der Waals surface area contributed by atoms with Gasteiger partial charge in [0.2, 0.25) is 0 Å². The van der Waals surface area contributed by atoms with E-state index >= 15 is 0 Å². The molecule has 0 fully saturated rings. The molecular formula is C6H5IN2O. The first kappa shape index (κ1) is 7.59. The first-order valence-corrected chi connectivity index (χ1v) is 3.77. The molecule has 0 aliphatic carbocycles. The van der Waals surface area contributed by atoms with Gasteiger partial charge in [0, 0.05) is 19.3 Å². The van der Waals surface area contributed by atoms with Gasteiger partial charge in [0.25, 0.3) is 0 Å². The van der Waals surface area contributed by atoms with Crippen LogP contribution >= 0.6 is 22.6 Å². The maximum atomic E-state index is 10.8. The van der Waals surface area contributed by atoms with E-state index in [9.17, 15) is 4.79 Å². The van der Waals surface area contributed by atoms with Crippen molar-refractivity contribution >= 4 is 28.4 Å². The lowest BCUT2D eigenvalue weighted by Crippen LogP contribution is -2.00. The molecule has 1 rings (SSSR count). The molecule has 0 aromatic carbocycles. The molecule has 0 saturated carbocycles. The minimum absolute atomic E-state index is 0.0440. The molecule has 0 spiro atoms. The van der Waals surface area contributed by atoms with Crippen molar-refractivity contribution in [1.82, 2.24) is 9.97 Å². The summed E-state index contributed by atoms with van der Waals surface area (Å²) < 4.78 is 0.660. The van der Waals surface area contributed by atoms with Gasteiger partial charge in [-0.3, -0.25) is 4.79 Å². The molecule has 1 aromatic heterocycles. The van der Waals surface area contributed by atoms with Crippen molar-refractivity contribution in [2.45, 2.75) is 6.92 Å². The predicted octanol–water partition coefficient (Wildman–Crippen LogP) is 1.28. The highest BCUT2D eigenvalue weighted by atomic mass is 127. The fourth-order valence-corrected chi connectivity index (χ4v) is 1.24. The zero-order valence-electron chi connectivity index (χ0n) is 5.34. The molecule has 10 heavy (non-hydrogen) atoms. The van der Waals surface area contributed by atoms with Gasteiger partial charge < -0.3 is 0 Å². The average molecular weight is 248 g/mol. The lowest BCUT2D eigenvalue weighted by molar-refractivity contribution is 0.101. The molecule has 0 unspecified atom stereocenters. The van der Waals surface area contributed by atoms with E-state index in [2.05, 4.69) is 9.97 Å². The van der Waals surface area contributed by atoms with Crippen LogP contribution in [0.3, 0.4) is 0 Å². The summed E-state index contributed by atoms with van der Waals surface area (Å²) in [7, 11) is 0. The van der Waals surface area contributed by atoms with Crippen LogP contribution in [-0.2, 0) is 0 Å². The second kappa shape index (κ2) is 3.05. The number of halogens is 1. The van der Waals surface area contributed by atoms with Gasteiger partial charge in [0.1, 0.15) is 9.39 Å². The van der Waals surface area contributed by atoms with E-state index in [1.807, 2.05) is 22.6 Å². The Hall–Kier alpha value is -0.520. The van der Waals surface area contributed by atoms with Crippen molar-refractivity contribution < 1.29 is 4.79 Å². The Kier molecular flexibility index (Phi) is 2.31. The first-order chi connectivity index (χ1) is 4.72. The molecule has 4 heteroatoms. The molecule has 0 aliphatic rings. The van der Waals surface area contributed by atoms with Gasteiger partial charge in [-0.25, -0.2) is 9.97 Å². The summed E-state index contributed by atoms with van der Waals surface area (Å²) in [6.45, 7) is 1.48. The maximum absolute atomic E-state index is 10.8. The van der Waals surface area contributed by atoms with E-state index in [-0.39, 0.29) is 5.78 Å². The van der Waals surface area contributed by atoms with E-state index in [1.165, 1.54) is 13.1 Å². The van der Waals surface area contributed by atoms with E-state index in [1.54, 1.807) is 6.20 Å². The summed E-state index contributed by atoms with van der Waals surface area (Å²) >= 11 is 1.98. The molecule has 0 saturated heterocycles. The summed E-state index contributed by atoms with van der Waals surface area (Å²) in [5, 5.41) is 0. The summed E-state index contributed by atoms with van der Waals surface area (Å²) in [6, 6.07) is 0. The molecule has 0 amide bonds. The summed E-state index contributed by atoms with van der Waals surface area (Å²) in [4.78, 5) is 18.5. The third-order valence-corrected chi connectivity index (χ3v) is 1.78. The predicted molar refractivity (Wildman–Crippen MR) is 44.8 cm³/mol. The van der Waals surface area contributed by atoms with Crippen LogP contribution in [0.5, 0.6) is 0 Å². The number of rotatable bonds is 1. The van der Waals surface area contributed by atoms with E-state index in [4.69, 9.17) is 0 Å². The van der Waals surface area contributed by atoms with Gasteiger partial charge in [-0.1, -0.05) is 0 Å². The molecule has 1 aromatic rings. The zero-order valence-corrected chi connectivity index (χ0v) is 7.49. The summed E-state index contributed by atoms with van der Waals surface area (Å²) in [5.41, 5.74) is 0.447. The van der Waals surface area contributed by atoms with Crippen LogP contribution in [0.25, 0.3) is 0 Å². The number of ketones is 1. The Morgan fingerprint density at radius 3 is 2.50 bits per heavy atom. The van der Waals surface area contributed by atoms with Crippen molar-refractivity contribution in [1.29, 1.82) is 0 Å². The van der Waals surface area contributed by atoms with E-state index in [0.717, 1.165) is 0 Å². The molecule has 0 atom stereocenters. The Bertz CT molecular complexity index is 262. The number of aromatic nitrogens is 2. The first-order valence-electron chi connectivity index (χ1n) is 2.69. The van der Waals surface area contributed by atoms with Crippen LogP contribution in [0.4, 0.5) is 0 Å². The molecule has 0 radical (unpaired) electrons. The Labute approximate surface area is 72.0 Å². The third kappa shape index (κ3) is 1.50. The lowest BCUT2D eigenvalue weighted by Gasteiger charge is -1.93. The SMILES string of the molecule is CC(=O)c1nccnc1I. The lowest BCUT2D eigenvalue weighted by atomic mass is 10.3. The maximum Gasteiger partial charge on any atom is 0.180 e. The minimum atomic E-state index is -0.0440. The second-order valence-electron chi connectivity index (χ2n) is 1.75. The van der Waals surface area contributed by atoms with Gasteiger partial charge in [0.15, 0.2) is 5.78 Å². The number of carbonyl (C=O) groups excluding carboxylic acids is 1. The van der Waals surface area contributed by atoms with Crippen LogP contribution in [0.1, 0.15) is 17.4 Å². The van der Waals surface area contributed by atoms with Crippen LogP contribution < -0.4 is 0 Å². The number of Topliss-reactive ketones (excluding diaryl/α,β-unsaturated/α-hetero) is 1. The smallest absolute Gasteiger partial charge is 0.180 e. The quantitative estimate of drug-likeness (QED) is 0.555. The van der Waals surface area contributed by atoms with Crippen molar-refractivity contribution in [2.75, 3.05) is 0 Å². The number of nitrogens with zero attached hydrogens (tertiary/aromatic N) is 2. The van der Waals surface area contributed by atoms with Gasteiger partial charge in [-0.2, -0.15) is 0 Å². The Balaban J connectivity index is 3.15. The molecule has 1 heterocycles. The van der Waals surface area contributed by atoms with Gasteiger partial charge in [-0.15, -0.1) is 0 Å². The van der Waals surface area contributed by atoms with E-state index < -0.39 is 0 Å². The van der Waals surface area contributed by atoms with Crippen molar-refractivity contribution in [3.63, 3.8) is 0 Å². The molecule has 3 nitrogen and oxygen atoms in total. The molecular weight excluding hydrogens is 243 g/mol. The fraction of sp³-hybridized carbons (Fsp3) is 0.167.